The SMILES string of the molecule is COc1cc2c(cc1OC)C(C1CCC1)NCC2. The van der Waals surface area contributed by atoms with Crippen molar-refractivity contribution in [3.63, 3.8) is 0 Å². The molecule has 1 aliphatic carbocycles. The lowest BCUT2D eigenvalue weighted by molar-refractivity contribution is 0.224. The van der Waals surface area contributed by atoms with Gasteiger partial charge in [0.1, 0.15) is 0 Å². The molecule has 98 valence electrons. The van der Waals surface area contributed by atoms with Gasteiger partial charge in [0.25, 0.3) is 0 Å². The van der Waals surface area contributed by atoms with Gasteiger partial charge in [-0.1, -0.05) is 6.42 Å². The van der Waals surface area contributed by atoms with Crippen LogP contribution in [0, 0.1) is 5.92 Å². The molecule has 1 fully saturated rings. The van der Waals surface area contributed by atoms with E-state index in [1.165, 1.54) is 30.4 Å². The van der Waals surface area contributed by atoms with Crippen molar-refractivity contribution in [1.82, 2.24) is 5.32 Å². The topological polar surface area (TPSA) is 30.5 Å². The van der Waals surface area contributed by atoms with E-state index in [2.05, 4.69) is 17.4 Å². The Hall–Kier alpha value is -1.22. The summed E-state index contributed by atoms with van der Waals surface area (Å²) in [6.07, 6.45) is 5.17. The van der Waals surface area contributed by atoms with Crippen LogP contribution < -0.4 is 14.8 Å². The van der Waals surface area contributed by atoms with E-state index in [0.29, 0.717) is 6.04 Å². The number of methoxy groups -OCH3 is 2. The minimum absolute atomic E-state index is 0.516. The summed E-state index contributed by atoms with van der Waals surface area (Å²) < 4.78 is 10.8. The zero-order valence-corrected chi connectivity index (χ0v) is 11.2. The van der Waals surface area contributed by atoms with Gasteiger partial charge in [0.05, 0.1) is 14.2 Å². The summed E-state index contributed by atoms with van der Waals surface area (Å²) in [4.78, 5) is 0. The zero-order valence-electron chi connectivity index (χ0n) is 11.2. The molecule has 1 heterocycles. The van der Waals surface area contributed by atoms with E-state index in [1.807, 2.05) is 0 Å². The minimum Gasteiger partial charge on any atom is -0.493 e. The molecular weight excluding hydrogens is 226 g/mol. The molecule has 0 radical (unpaired) electrons. The van der Waals surface area contributed by atoms with Crippen LogP contribution >= 0.6 is 0 Å². The quantitative estimate of drug-likeness (QED) is 0.890. The fourth-order valence-corrected chi connectivity index (χ4v) is 3.11. The maximum absolute atomic E-state index is 5.43. The lowest BCUT2D eigenvalue weighted by Crippen LogP contribution is -2.37. The minimum atomic E-state index is 0.516. The summed E-state index contributed by atoms with van der Waals surface area (Å²) in [5.74, 6) is 2.51. The van der Waals surface area contributed by atoms with Crippen molar-refractivity contribution in [1.29, 1.82) is 0 Å². The van der Waals surface area contributed by atoms with Crippen molar-refractivity contribution in [2.75, 3.05) is 20.8 Å². The summed E-state index contributed by atoms with van der Waals surface area (Å²) >= 11 is 0. The summed E-state index contributed by atoms with van der Waals surface area (Å²) in [5, 5.41) is 3.67. The van der Waals surface area contributed by atoms with E-state index < -0.39 is 0 Å². The van der Waals surface area contributed by atoms with Crippen LogP contribution in [0.5, 0.6) is 11.5 Å². The predicted octanol–water partition coefficient (Wildman–Crippen LogP) is 2.69. The third-order valence-electron chi connectivity index (χ3n) is 4.36. The van der Waals surface area contributed by atoms with Crippen LogP contribution in [-0.4, -0.2) is 20.8 Å². The molecule has 2 aliphatic rings. The number of rotatable bonds is 3. The largest absolute Gasteiger partial charge is 0.493 e. The predicted molar refractivity (Wildman–Crippen MR) is 71.3 cm³/mol. The monoisotopic (exact) mass is 247 g/mol. The van der Waals surface area contributed by atoms with Crippen molar-refractivity contribution in [3.05, 3.63) is 23.3 Å². The molecule has 0 saturated heterocycles. The highest BCUT2D eigenvalue weighted by Gasteiger charge is 2.32. The molecule has 3 rings (SSSR count). The molecule has 0 amide bonds. The van der Waals surface area contributed by atoms with Gasteiger partial charge in [0.2, 0.25) is 0 Å². The highest BCUT2D eigenvalue weighted by Crippen LogP contribution is 2.43. The van der Waals surface area contributed by atoms with E-state index >= 15 is 0 Å². The van der Waals surface area contributed by atoms with Gasteiger partial charge in [0.15, 0.2) is 11.5 Å². The van der Waals surface area contributed by atoms with E-state index in [-0.39, 0.29) is 0 Å². The Bertz CT molecular complexity index is 440. The van der Waals surface area contributed by atoms with Crippen molar-refractivity contribution in [2.24, 2.45) is 5.92 Å². The first-order valence-corrected chi connectivity index (χ1v) is 6.81. The molecule has 1 atom stereocenters. The first kappa shape index (κ1) is 11.8. The van der Waals surface area contributed by atoms with E-state index in [0.717, 1.165) is 30.4 Å². The maximum atomic E-state index is 5.43. The molecular formula is C15H21NO2. The number of hydrogen-bond acceptors (Lipinski definition) is 3. The van der Waals surface area contributed by atoms with Crippen molar-refractivity contribution in [2.45, 2.75) is 31.7 Å². The summed E-state index contributed by atoms with van der Waals surface area (Å²) in [7, 11) is 3.41. The molecule has 1 aliphatic heterocycles. The van der Waals surface area contributed by atoms with Crippen molar-refractivity contribution >= 4 is 0 Å². The molecule has 1 aromatic rings. The number of benzene rings is 1. The highest BCUT2D eigenvalue weighted by molar-refractivity contribution is 5.49. The Kier molecular flexibility index (Phi) is 3.16. The normalized spacial score (nSPS) is 23.1. The average molecular weight is 247 g/mol. The van der Waals surface area contributed by atoms with Gasteiger partial charge in [-0.3, -0.25) is 0 Å². The summed E-state index contributed by atoms with van der Waals surface area (Å²) in [5.41, 5.74) is 2.84. The lowest BCUT2D eigenvalue weighted by Gasteiger charge is -2.38. The van der Waals surface area contributed by atoms with Gasteiger partial charge in [-0.25, -0.2) is 0 Å². The van der Waals surface area contributed by atoms with Crippen molar-refractivity contribution < 1.29 is 9.47 Å². The van der Waals surface area contributed by atoms with Gasteiger partial charge < -0.3 is 14.8 Å². The lowest BCUT2D eigenvalue weighted by atomic mass is 9.74. The van der Waals surface area contributed by atoms with Crippen LogP contribution in [0.3, 0.4) is 0 Å². The maximum Gasteiger partial charge on any atom is 0.161 e. The standard InChI is InChI=1S/C15H21NO2/c1-17-13-8-11-6-7-16-15(10-4-3-5-10)12(11)9-14(13)18-2/h8-10,15-16H,3-7H2,1-2H3. The molecule has 3 nitrogen and oxygen atoms in total. The fraction of sp³-hybridized carbons (Fsp3) is 0.600. The first-order chi connectivity index (χ1) is 8.83. The van der Waals surface area contributed by atoms with Crippen LogP contribution in [0.4, 0.5) is 0 Å². The molecule has 3 heteroatoms. The number of hydrogen-bond donors (Lipinski definition) is 1. The molecule has 0 spiro atoms. The zero-order chi connectivity index (χ0) is 12.5. The third-order valence-corrected chi connectivity index (χ3v) is 4.36. The van der Waals surface area contributed by atoms with Crippen molar-refractivity contribution in [3.8, 4) is 11.5 Å². The fourth-order valence-electron chi connectivity index (χ4n) is 3.11. The van der Waals surface area contributed by atoms with Crippen LogP contribution in [0.15, 0.2) is 12.1 Å². The first-order valence-electron chi connectivity index (χ1n) is 6.81. The summed E-state index contributed by atoms with van der Waals surface area (Å²) in [6, 6.07) is 4.84. The Morgan fingerprint density at radius 2 is 1.83 bits per heavy atom. The molecule has 1 aromatic carbocycles. The van der Waals surface area contributed by atoms with E-state index in [9.17, 15) is 0 Å². The average Bonchev–Trinajstić information content (AvgIpc) is 2.35. The molecule has 1 N–H and O–H groups in total. The number of ether oxygens (including phenoxy) is 2. The summed E-state index contributed by atoms with van der Waals surface area (Å²) in [6.45, 7) is 1.07. The van der Waals surface area contributed by atoms with Gasteiger partial charge >= 0.3 is 0 Å². The Balaban J connectivity index is 1.99. The van der Waals surface area contributed by atoms with Crippen LogP contribution in [0.25, 0.3) is 0 Å². The van der Waals surface area contributed by atoms with Crippen LogP contribution in [-0.2, 0) is 6.42 Å². The van der Waals surface area contributed by atoms with E-state index in [1.54, 1.807) is 14.2 Å². The van der Waals surface area contributed by atoms with Crippen LogP contribution in [0.2, 0.25) is 0 Å². The van der Waals surface area contributed by atoms with Gasteiger partial charge in [-0.2, -0.15) is 0 Å². The molecule has 18 heavy (non-hydrogen) atoms. The molecule has 0 bridgehead atoms. The van der Waals surface area contributed by atoms with Gasteiger partial charge in [-0.05, 0) is 55.0 Å². The third kappa shape index (κ3) is 1.87. The Morgan fingerprint density at radius 1 is 1.11 bits per heavy atom. The van der Waals surface area contributed by atoms with E-state index in [4.69, 9.17) is 9.47 Å². The molecule has 1 unspecified atom stereocenters. The van der Waals surface area contributed by atoms with Crippen LogP contribution in [0.1, 0.15) is 36.4 Å². The Labute approximate surface area is 108 Å². The smallest absolute Gasteiger partial charge is 0.161 e. The second-order valence-corrected chi connectivity index (χ2v) is 5.28. The van der Waals surface area contributed by atoms with Gasteiger partial charge in [-0.15, -0.1) is 0 Å². The Morgan fingerprint density at radius 3 is 2.44 bits per heavy atom. The number of nitrogens with one attached hydrogen (secondary N) is 1. The second-order valence-electron chi connectivity index (χ2n) is 5.28. The molecule has 1 saturated carbocycles. The van der Waals surface area contributed by atoms with Gasteiger partial charge in [0, 0.05) is 6.04 Å². The number of fused-ring (bicyclic) bond motifs is 1. The highest BCUT2D eigenvalue weighted by atomic mass is 16.5. The molecule has 0 aromatic heterocycles. The second kappa shape index (κ2) is 4.81.